The summed E-state index contributed by atoms with van der Waals surface area (Å²) < 4.78 is 23.1. The molecule has 2 rings (SSSR count). The van der Waals surface area contributed by atoms with Crippen LogP contribution >= 0.6 is 0 Å². The van der Waals surface area contributed by atoms with Gasteiger partial charge in [0, 0.05) is 6.07 Å². The van der Waals surface area contributed by atoms with Crippen molar-refractivity contribution in [2.75, 3.05) is 11.9 Å². The molecule has 1 atom stereocenters. The fraction of sp³-hybridized carbons (Fsp3) is 0.167. The van der Waals surface area contributed by atoms with Crippen LogP contribution in [0.1, 0.15) is 12.5 Å². The number of nitrogens with zero attached hydrogens (tertiary/aromatic N) is 1. The van der Waals surface area contributed by atoms with E-state index in [1.807, 2.05) is 6.07 Å². The molecule has 0 aromatic heterocycles. The minimum absolute atomic E-state index is 0.178. The van der Waals surface area contributed by atoms with E-state index < -0.39 is 30.4 Å². The first-order chi connectivity index (χ1) is 12.0. The number of benzene rings is 2. The van der Waals surface area contributed by atoms with Crippen molar-refractivity contribution in [1.82, 2.24) is 0 Å². The van der Waals surface area contributed by atoms with E-state index in [1.54, 1.807) is 24.3 Å². The topological polar surface area (TPSA) is 88.4 Å². The van der Waals surface area contributed by atoms with Gasteiger partial charge in [-0.1, -0.05) is 18.2 Å². The molecule has 1 amide bonds. The quantitative estimate of drug-likeness (QED) is 0.815. The van der Waals surface area contributed by atoms with Crippen LogP contribution in [0, 0.1) is 17.1 Å². The number of anilines is 1. The fourth-order valence-corrected chi connectivity index (χ4v) is 1.91. The summed E-state index contributed by atoms with van der Waals surface area (Å²) in [6.45, 7) is 0.931. The largest absolute Gasteiger partial charge is 0.482 e. The van der Waals surface area contributed by atoms with Crippen LogP contribution in [0.3, 0.4) is 0 Å². The molecule has 0 fully saturated rings. The van der Waals surface area contributed by atoms with Crippen LogP contribution in [0.5, 0.6) is 5.75 Å². The lowest BCUT2D eigenvalue weighted by atomic mass is 10.2. The number of rotatable bonds is 6. The van der Waals surface area contributed by atoms with Gasteiger partial charge in [0.05, 0.1) is 11.3 Å². The van der Waals surface area contributed by atoms with E-state index in [0.717, 1.165) is 6.07 Å². The number of carbonyl (C=O) groups excluding carboxylic acids is 2. The van der Waals surface area contributed by atoms with Crippen molar-refractivity contribution in [2.24, 2.45) is 0 Å². The van der Waals surface area contributed by atoms with E-state index in [4.69, 9.17) is 14.7 Å². The number of nitriles is 1. The maximum Gasteiger partial charge on any atom is 0.344 e. The molecule has 0 aliphatic carbocycles. The first kappa shape index (κ1) is 17.9. The van der Waals surface area contributed by atoms with Crippen molar-refractivity contribution in [3.05, 3.63) is 59.9 Å². The number of hydrogen-bond donors (Lipinski definition) is 1. The van der Waals surface area contributed by atoms with Gasteiger partial charge in [0.1, 0.15) is 17.6 Å². The first-order valence-corrected chi connectivity index (χ1v) is 7.37. The van der Waals surface area contributed by atoms with Crippen molar-refractivity contribution in [1.29, 1.82) is 5.26 Å². The van der Waals surface area contributed by atoms with Gasteiger partial charge in [-0.15, -0.1) is 0 Å². The number of esters is 1. The second-order valence-corrected chi connectivity index (χ2v) is 5.02. The molecule has 0 saturated heterocycles. The zero-order chi connectivity index (χ0) is 18.2. The Bertz CT molecular complexity index is 817. The minimum atomic E-state index is -1.09. The fourth-order valence-electron chi connectivity index (χ4n) is 1.91. The number of carbonyl (C=O) groups is 2. The maximum absolute atomic E-state index is 13.0. The molecule has 0 radical (unpaired) electrons. The van der Waals surface area contributed by atoms with Gasteiger partial charge in [-0.25, -0.2) is 9.18 Å². The summed E-state index contributed by atoms with van der Waals surface area (Å²) in [6.07, 6.45) is -1.09. The van der Waals surface area contributed by atoms with Crippen LogP contribution in [0.4, 0.5) is 10.1 Å². The summed E-state index contributed by atoms with van der Waals surface area (Å²) in [5, 5.41) is 11.5. The van der Waals surface area contributed by atoms with E-state index in [-0.39, 0.29) is 5.75 Å². The number of amides is 1. The third-order valence-corrected chi connectivity index (χ3v) is 3.14. The predicted octanol–water partition coefficient (Wildman–Crippen LogP) is 2.65. The van der Waals surface area contributed by atoms with Gasteiger partial charge in [0.15, 0.2) is 12.7 Å². The smallest absolute Gasteiger partial charge is 0.344 e. The summed E-state index contributed by atoms with van der Waals surface area (Å²) in [5.41, 5.74) is 0.623. The third-order valence-electron chi connectivity index (χ3n) is 3.14. The summed E-state index contributed by atoms with van der Waals surface area (Å²) in [7, 11) is 0. The summed E-state index contributed by atoms with van der Waals surface area (Å²) in [4.78, 5) is 23.8. The van der Waals surface area contributed by atoms with E-state index in [1.165, 1.54) is 25.1 Å². The Morgan fingerprint density at radius 2 is 2.00 bits per heavy atom. The van der Waals surface area contributed by atoms with Crippen molar-refractivity contribution in [3.8, 4) is 11.8 Å². The molecule has 6 nitrogen and oxygen atoms in total. The minimum Gasteiger partial charge on any atom is -0.482 e. The normalized spacial score (nSPS) is 11.1. The second-order valence-electron chi connectivity index (χ2n) is 5.02. The Balaban J connectivity index is 1.86. The molecule has 0 bridgehead atoms. The summed E-state index contributed by atoms with van der Waals surface area (Å²) >= 11 is 0. The van der Waals surface area contributed by atoms with Gasteiger partial charge in [0.2, 0.25) is 0 Å². The lowest BCUT2D eigenvalue weighted by Gasteiger charge is -2.14. The van der Waals surface area contributed by atoms with Crippen LogP contribution in [-0.4, -0.2) is 24.6 Å². The molecule has 128 valence electrons. The van der Waals surface area contributed by atoms with Crippen molar-refractivity contribution >= 4 is 17.6 Å². The van der Waals surface area contributed by atoms with E-state index in [0.29, 0.717) is 11.3 Å². The molecule has 0 unspecified atom stereocenters. The molecular weight excluding hydrogens is 327 g/mol. The molecule has 2 aromatic rings. The second kappa shape index (κ2) is 8.45. The molecule has 0 heterocycles. The Morgan fingerprint density at radius 1 is 1.24 bits per heavy atom. The van der Waals surface area contributed by atoms with E-state index >= 15 is 0 Å². The highest BCUT2D eigenvalue weighted by atomic mass is 19.1. The van der Waals surface area contributed by atoms with Crippen molar-refractivity contribution in [3.63, 3.8) is 0 Å². The maximum atomic E-state index is 13.0. The zero-order valence-electron chi connectivity index (χ0n) is 13.4. The Labute approximate surface area is 143 Å². The highest BCUT2D eigenvalue weighted by Gasteiger charge is 2.19. The van der Waals surface area contributed by atoms with Gasteiger partial charge in [-0.2, -0.15) is 5.26 Å². The molecule has 0 saturated carbocycles. The predicted molar refractivity (Wildman–Crippen MR) is 87.2 cm³/mol. The van der Waals surface area contributed by atoms with Crippen LogP contribution in [0.2, 0.25) is 0 Å². The van der Waals surface area contributed by atoms with E-state index in [9.17, 15) is 14.0 Å². The van der Waals surface area contributed by atoms with Gasteiger partial charge >= 0.3 is 5.97 Å². The van der Waals surface area contributed by atoms with Crippen molar-refractivity contribution < 1.29 is 23.5 Å². The highest BCUT2D eigenvalue weighted by Crippen LogP contribution is 2.14. The SMILES string of the molecule is C[C@@H](OC(=O)COc1cccc(F)c1)C(=O)Nc1ccccc1C#N. The first-order valence-electron chi connectivity index (χ1n) is 7.37. The Kier molecular flexibility index (Phi) is 6.07. The third kappa shape index (κ3) is 5.32. The molecule has 0 spiro atoms. The summed E-state index contributed by atoms with van der Waals surface area (Å²) in [6, 6.07) is 13.7. The molecule has 0 aliphatic heterocycles. The van der Waals surface area contributed by atoms with Crippen molar-refractivity contribution in [2.45, 2.75) is 13.0 Å². The lowest BCUT2D eigenvalue weighted by molar-refractivity contribution is -0.155. The molecule has 0 aliphatic rings. The average molecular weight is 342 g/mol. The summed E-state index contributed by atoms with van der Waals surface area (Å²) in [5.74, 6) is -1.67. The molecule has 25 heavy (non-hydrogen) atoms. The number of ether oxygens (including phenoxy) is 2. The number of nitrogens with one attached hydrogen (secondary N) is 1. The number of hydrogen-bond acceptors (Lipinski definition) is 5. The number of halogens is 1. The van der Waals surface area contributed by atoms with Crippen LogP contribution in [-0.2, 0) is 14.3 Å². The highest BCUT2D eigenvalue weighted by molar-refractivity contribution is 5.96. The molecular formula is C18H15FN2O4. The number of para-hydroxylation sites is 1. The zero-order valence-corrected chi connectivity index (χ0v) is 13.4. The van der Waals surface area contributed by atoms with Gasteiger partial charge in [0.25, 0.3) is 5.91 Å². The molecule has 7 heteroatoms. The standard InChI is InChI=1S/C18H15FN2O4/c1-12(18(23)21-16-8-3-2-5-13(16)10-20)25-17(22)11-24-15-7-4-6-14(19)9-15/h2-9,12H,11H2,1H3,(H,21,23)/t12-/m1/s1. The Morgan fingerprint density at radius 3 is 2.72 bits per heavy atom. The Hall–Kier alpha value is -3.40. The molecule has 1 N–H and O–H groups in total. The van der Waals surface area contributed by atoms with Crippen LogP contribution < -0.4 is 10.1 Å². The average Bonchev–Trinajstić information content (AvgIpc) is 2.60. The van der Waals surface area contributed by atoms with E-state index in [2.05, 4.69) is 5.32 Å². The monoisotopic (exact) mass is 342 g/mol. The molecule has 2 aromatic carbocycles. The lowest BCUT2D eigenvalue weighted by Crippen LogP contribution is -2.31. The van der Waals surface area contributed by atoms with Crippen LogP contribution in [0.15, 0.2) is 48.5 Å². The van der Waals surface area contributed by atoms with Gasteiger partial charge in [-0.3, -0.25) is 4.79 Å². The van der Waals surface area contributed by atoms with Gasteiger partial charge < -0.3 is 14.8 Å². The van der Waals surface area contributed by atoms with Gasteiger partial charge in [-0.05, 0) is 31.2 Å². The van der Waals surface area contributed by atoms with Crippen LogP contribution in [0.25, 0.3) is 0 Å².